The number of carbonyl (C=O) groups excluding carboxylic acids is 1. The van der Waals surface area contributed by atoms with Crippen LogP contribution in [0.15, 0.2) is 42.5 Å². The number of fused-ring (bicyclic) bond motifs is 1. The number of hydrogen-bond donors (Lipinski definition) is 0. The number of aryl methyl sites for hydroxylation is 2. The molecule has 0 atom stereocenters. The van der Waals surface area contributed by atoms with Gasteiger partial charge in [-0.05, 0) is 61.3 Å². The summed E-state index contributed by atoms with van der Waals surface area (Å²) in [7, 11) is -3.25. The van der Waals surface area contributed by atoms with E-state index in [9.17, 15) is 13.2 Å². The molecule has 4 nitrogen and oxygen atoms in total. The van der Waals surface area contributed by atoms with E-state index in [0.717, 1.165) is 53.1 Å². The van der Waals surface area contributed by atoms with Crippen LogP contribution in [0.2, 0.25) is 0 Å². The second-order valence-electron chi connectivity index (χ2n) is 8.91. The van der Waals surface area contributed by atoms with E-state index in [1.165, 1.54) is 0 Å². The highest BCUT2D eigenvalue weighted by atomic mass is 32.2. The van der Waals surface area contributed by atoms with Crippen LogP contribution in [-0.2, 0) is 32.6 Å². The maximum atomic E-state index is 12.7. The molecule has 3 fully saturated rings. The molecule has 5 heteroatoms. The summed E-state index contributed by atoms with van der Waals surface area (Å²) in [6.45, 7) is 1.99. The Hall–Kier alpha value is -2.14. The first-order valence-corrected chi connectivity index (χ1v) is 11.9. The van der Waals surface area contributed by atoms with E-state index in [1.54, 1.807) is 0 Å². The third kappa shape index (κ3) is 2.96. The lowest BCUT2D eigenvalue weighted by molar-refractivity contribution is -0.126. The van der Waals surface area contributed by atoms with E-state index >= 15 is 0 Å². The van der Waals surface area contributed by atoms with Crippen molar-refractivity contribution in [2.45, 2.75) is 56.1 Å². The third-order valence-electron chi connectivity index (χ3n) is 6.62. The van der Waals surface area contributed by atoms with E-state index in [2.05, 4.69) is 0 Å². The molecule has 1 heterocycles. The number of amides is 1. The van der Waals surface area contributed by atoms with Crippen molar-refractivity contribution in [2.75, 3.05) is 4.90 Å². The predicted octanol–water partition coefficient (Wildman–Crippen LogP) is 3.94. The highest BCUT2D eigenvalue weighted by Gasteiger charge is 2.62. The number of rotatable bonds is 5. The van der Waals surface area contributed by atoms with Gasteiger partial charge in [-0.15, -0.1) is 0 Å². The Morgan fingerprint density at radius 1 is 0.964 bits per heavy atom. The van der Waals surface area contributed by atoms with Gasteiger partial charge in [0.25, 0.3) is 0 Å². The average Bonchev–Trinajstić information content (AvgIpc) is 2.56. The first-order valence-electron chi connectivity index (χ1n) is 10.0. The fourth-order valence-corrected chi connectivity index (χ4v) is 6.59. The van der Waals surface area contributed by atoms with Crippen molar-refractivity contribution in [1.29, 1.82) is 0 Å². The van der Waals surface area contributed by atoms with E-state index < -0.39 is 9.84 Å². The highest BCUT2D eigenvalue weighted by molar-refractivity contribution is 7.89. The van der Waals surface area contributed by atoms with Gasteiger partial charge in [-0.3, -0.25) is 4.79 Å². The summed E-state index contributed by atoms with van der Waals surface area (Å²) in [5.41, 5.74) is 4.96. The molecule has 2 bridgehead atoms. The second-order valence-corrected chi connectivity index (χ2v) is 11.0. The minimum Gasteiger partial charge on any atom is -0.306 e. The molecule has 0 saturated heterocycles. The Morgan fingerprint density at radius 2 is 1.61 bits per heavy atom. The van der Waals surface area contributed by atoms with Crippen molar-refractivity contribution in [1.82, 2.24) is 0 Å². The number of hydrogen-bond acceptors (Lipinski definition) is 3. The standard InChI is InChI=1S/C23H25NO3S/c1-16-2-4-17(5-3-16)14-28(26,27)15-18-6-8-21-20(10-18)7-9-22(25)24(21)23-11-19(12-23)13-23/h2-6,8,10,19H,7,9,11-15H2,1H3. The largest absolute Gasteiger partial charge is 0.306 e. The molecule has 1 amide bonds. The second kappa shape index (κ2) is 6.18. The monoisotopic (exact) mass is 395 g/mol. The zero-order valence-corrected chi connectivity index (χ0v) is 17.0. The topological polar surface area (TPSA) is 54.5 Å². The molecule has 146 valence electrons. The predicted molar refractivity (Wildman–Crippen MR) is 110 cm³/mol. The van der Waals surface area contributed by atoms with Crippen molar-refractivity contribution in [2.24, 2.45) is 5.92 Å². The fraction of sp³-hybridized carbons (Fsp3) is 0.435. The summed E-state index contributed by atoms with van der Waals surface area (Å²) in [6.07, 6.45) is 4.62. The summed E-state index contributed by atoms with van der Waals surface area (Å²) >= 11 is 0. The smallest absolute Gasteiger partial charge is 0.227 e. The molecule has 2 aromatic carbocycles. The summed E-state index contributed by atoms with van der Waals surface area (Å²) in [6, 6.07) is 13.5. The minimum absolute atomic E-state index is 0.0370. The van der Waals surface area contributed by atoms with Crippen LogP contribution in [0.5, 0.6) is 0 Å². The normalized spacial score (nSPS) is 25.7. The van der Waals surface area contributed by atoms with Gasteiger partial charge in [0.1, 0.15) is 0 Å². The van der Waals surface area contributed by atoms with Crippen molar-refractivity contribution in [3.8, 4) is 0 Å². The fourth-order valence-electron chi connectivity index (χ4n) is 5.10. The van der Waals surface area contributed by atoms with Crippen molar-refractivity contribution >= 4 is 21.4 Å². The van der Waals surface area contributed by atoms with Gasteiger partial charge < -0.3 is 4.90 Å². The van der Waals surface area contributed by atoms with Gasteiger partial charge in [0.05, 0.1) is 11.5 Å². The lowest BCUT2D eigenvalue weighted by atomic mass is 9.48. The van der Waals surface area contributed by atoms with Gasteiger partial charge in [0.15, 0.2) is 9.84 Å². The first kappa shape index (κ1) is 17.9. The number of nitrogens with zero attached hydrogens (tertiary/aromatic N) is 1. The van der Waals surface area contributed by atoms with Gasteiger partial charge in [0, 0.05) is 17.6 Å². The van der Waals surface area contributed by atoms with Crippen LogP contribution in [0.3, 0.4) is 0 Å². The number of carbonyl (C=O) groups is 1. The number of benzene rings is 2. The summed E-state index contributed by atoms with van der Waals surface area (Å²) < 4.78 is 25.4. The Kier molecular flexibility index (Phi) is 3.96. The zero-order valence-electron chi connectivity index (χ0n) is 16.1. The van der Waals surface area contributed by atoms with E-state index in [1.807, 2.05) is 54.3 Å². The SMILES string of the molecule is Cc1ccc(CS(=O)(=O)Cc2ccc3c(c2)CCC(=O)N3C23CC(C2)C3)cc1. The van der Waals surface area contributed by atoms with Crippen LogP contribution < -0.4 is 4.90 Å². The first-order chi connectivity index (χ1) is 13.3. The molecule has 6 rings (SSSR count). The Bertz CT molecular complexity index is 1040. The molecule has 28 heavy (non-hydrogen) atoms. The van der Waals surface area contributed by atoms with E-state index in [-0.39, 0.29) is 23.0 Å². The highest BCUT2D eigenvalue weighted by Crippen LogP contribution is 2.62. The molecule has 0 unspecified atom stereocenters. The molecule has 0 aromatic heterocycles. The Labute approximate surface area is 166 Å². The van der Waals surface area contributed by atoms with Gasteiger partial charge in [0.2, 0.25) is 5.91 Å². The molecule has 0 spiro atoms. The van der Waals surface area contributed by atoms with E-state index in [4.69, 9.17) is 0 Å². The number of sulfone groups is 1. The average molecular weight is 396 g/mol. The molecule has 2 aromatic rings. The molecule has 4 aliphatic rings. The molecule has 1 aliphatic heterocycles. The van der Waals surface area contributed by atoms with E-state index in [0.29, 0.717) is 12.8 Å². The third-order valence-corrected chi connectivity index (χ3v) is 8.16. The quantitative estimate of drug-likeness (QED) is 0.770. The van der Waals surface area contributed by atoms with Crippen LogP contribution in [-0.4, -0.2) is 19.9 Å². The Morgan fingerprint density at radius 3 is 2.25 bits per heavy atom. The molecule has 3 saturated carbocycles. The van der Waals surface area contributed by atoms with Crippen LogP contribution in [0, 0.1) is 12.8 Å². The van der Waals surface area contributed by atoms with Crippen molar-refractivity contribution < 1.29 is 13.2 Å². The van der Waals surface area contributed by atoms with Crippen LogP contribution in [0.1, 0.15) is 47.9 Å². The maximum absolute atomic E-state index is 12.7. The molecular weight excluding hydrogens is 370 g/mol. The molecule has 0 radical (unpaired) electrons. The van der Waals surface area contributed by atoms with Gasteiger partial charge in [-0.2, -0.15) is 0 Å². The van der Waals surface area contributed by atoms with Gasteiger partial charge >= 0.3 is 0 Å². The summed E-state index contributed by atoms with van der Waals surface area (Å²) in [5.74, 6) is 1.13. The van der Waals surface area contributed by atoms with Crippen LogP contribution >= 0.6 is 0 Å². The van der Waals surface area contributed by atoms with Crippen LogP contribution in [0.4, 0.5) is 5.69 Å². The van der Waals surface area contributed by atoms with Crippen molar-refractivity contribution in [3.63, 3.8) is 0 Å². The zero-order chi connectivity index (χ0) is 19.5. The lowest BCUT2D eigenvalue weighted by Crippen LogP contribution is -2.70. The minimum atomic E-state index is -3.25. The van der Waals surface area contributed by atoms with Crippen molar-refractivity contribution in [3.05, 3.63) is 64.7 Å². The molecule has 0 N–H and O–H groups in total. The summed E-state index contributed by atoms with van der Waals surface area (Å²) in [4.78, 5) is 14.6. The van der Waals surface area contributed by atoms with Gasteiger partial charge in [-0.1, -0.05) is 42.0 Å². The van der Waals surface area contributed by atoms with Gasteiger partial charge in [-0.25, -0.2) is 8.42 Å². The maximum Gasteiger partial charge on any atom is 0.227 e. The Balaban J connectivity index is 1.37. The lowest BCUT2D eigenvalue weighted by Gasteiger charge is -2.66. The molecule has 3 aliphatic carbocycles. The van der Waals surface area contributed by atoms with Crippen LogP contribution in [0.25, 0.3) is 0 Å². The summed E-state index contributed by atoms with van der Waals surface area (Å²) in [5, 5.41) is 0. The molecular formula is C23H25NO3S. The number of anilines is 1.